The van der Waals surface area contributed by atoms with Crippen LogP contribution in [0.2, 0.25) is 0 Å². The minimum Gasteiger partial charge on any atom is -0.473 e. The van der Waals surface area contributed by atoms with Crippen LogP contribution < -0.4 is 10.1 Å². The number of ether oxygens (including phenoxy) is 1. The molecule has 0 bridgehead atoms. The number of nitrogens with zero attached hydrogens (tertiary/aromatic N) is 3. The van der Waals surface area contributed by atoms with E-state index in [1.165, 1.54) is 0 Å². The minimum atomic E-state index is 0.0983. The third kappa shape index (κ3) is 4.10. The number of aryl methyl sites for hydroxylation is 1. The van der Waals surface area contributed by atoms with Crippen molar-refractivity contribution < 1.29 is 9.53 Å². The van der Waals surface area contributed by atoms with Crippen LogP contribution in [0.25, 0.3) is 11.0 Å². The maximum atomic E-state index is 12.8. The summed E-state index contributed by atoms with van der Waals surface area (Å²) in [5.74, 6) is 1.05. The van der Waals surface area contributed by atoms with Gasteiger partial charge in [0.05, 0.1) is 5.39 Å². The highest BCUT2D eigenvalue weighted by Gasteiger charge is 2.22. The zero-order valence-corrected chi connectivity index (χ0v) is 17.4. The lowest BCUT2D eigenvalue weighted by atomic mass is 9.91. The Labute approximate surface area is 172 Å². The molecule has 6 nitrogen and oxygen atoms in total. The molecule has 1 fully saturated rings. The number of nitrogens with one attached hydrogen (secondary N) is 1. The number of benzene rings is 1. The third-order valence-corrected chi connectivity index (χ3v) is 5.97. The summed E-state index contributed by atoms with van der Waals surface area (Å²) in [6.45, 7) is 2.39. The molecule has 0 aliphatic carbocycles. The number of hydrogen-bond acceptors (Lipinski definition) is 5. The van der Waals surface area contributed by atoms with Crippen molar-refractivity contribution in [2.45, 2.75) is 25.9 Å². The number of hydrogen-bond donors (Lipinski definition) is 1. The van der Waals surface area contributed by atoms with Crippen LogP contribution in [0.5, 0.6) is 5.88 Å². The summed E-state index contributed by atoms with van der Waals surface area (Å²) in [5, 5.41) is 8.58. The van der Waals surface area contributed by atoms with Crippen LogP contribution in [-0.4, -0.2) is 33.6 Å². The maximum Gasteiger partial charge on any atom is 0.215 e. The second kappa shape index (κ2) is 8.41. The zero-order chi connectivity index (χ0) is 19.5. The molecular formula is C21H23BrN4O2. The first-order chi connectivity index (χ1) is 13.6. The molecule has 0 spiro atoms. The summed E-state index contributed by atoms with van der Waals surface area (Å²) in [4.78, 5) is 17.4. The van der Waals surface area contributed by atoms with Gasteiger partial charge in [0.2, 0.25) is 5.88 Å². The van der Waals surface area contributed by atoms with Gasteiger partial charge in [-0.25, -0.2) is 4.68 Å². The molecule has 0 unspecified atom stereocenters. The van der Waals surface area contributed by atoms with E-state index in [0.29, 0.717) is 36.2 Å². The van der Waals surface area contributed by atoms with Crippen molar-refractivity contribution in [3.63, 3.8) is 0 Å². The van der Waals surface area contributed by atoms with E-state index in [4.69, 9.17) is 4.74 Å². The molecule has 1 saturated heterocycles. The lowest BCUT2D eigenvalue weighted by Crippen LogP contribution is -2.29. The number of carbonyl (C=O) groups is 1. The third-order valence-electron chi connectivity index (χ3n) is 5.19. The van der Waals surface area contributed by atoms with Crippen LogP contribution in [0.4, 0.5) is 0 Å². The second-order valence-corrected chi connectivity index (χ2v) is 8.05. The average Bonchev–Trinajstić information content (AvgIpc) is 3.04. The Morgan fingerprint density at radius 2 is 2.04 bits per heavy atom. The molecule has 3 heterocycles. The smallest absolute Gasteiger partial charge is 0.215 e. The van der Waals surface area contributed by atoms with Crippen molar-refractivity contribution in [1.29, 1.82) is 0 Å². The number of carbonyl (C=O) groups excluding carboxylic acids is 1. The van der Waals surface area contributed by atoms with Gasteiger partial charge in [-0.2, -0.15) is 10.1 Å². The summed E-state index contributed by atoms with van der Waals surface area (Å²) in [6, 6.07) is 11.6. The Hall–Kier alpha value is -2.25. The first-order valence-electron chi connectivity index (χ1n) is 9.55. The molecule has 2 aromatic heterocycles. The predicted octanol–water partition coefficient (Wildman–Crippen LogP) is 3.88. The van der Waals surface area contributed by atoms with Crippen LogP contribution in [0, 0.1) is 5.92 Å². The molecule has 4 rings (SSSR count). The number of pyridine rings is 1. The number of rotatable bonds is 6. The van der Waals surface area contributed by atoms with Crippen LogP contribution in [0.3, 0.4) is 0 Å². The van der Waals surface area contributed by atoms with E-state index in [9.17, 15) is 4.79 Å². The molecule has 146 valence electrons. The Kier molecular flexibility index (Phi) is 5.73. The van der Waals surface area contributed by atoms with Crippen molar-refractivity contribution in [1.82, 2.24) is 20.1 Å². The van der Waals surface area contributed by atoms with E-state index < -0.39 is 0 Å². The van der Waals surface area contributed by atoms with Gasteiger partial charge in [-0.3, -0.25) is 4.79 Å². The Balaban J connectivity index is 1.51. The van der Waals surface area contributed by atoms with Gasteiger partial charge in [0, 0.05) is 29.6 Å². The molecule has 1 aromatic carbocycles. The van der Waals surface area contributed by atoms with Gasteiger partial charge in [0.1, 0.15) is 12.3 Å². The lowest BCUT2D eigenvalue weighted by molar-refractivity contribution is 0.0948. The molecule has 7 heteroatoms. The topological polar surface area (TPSA) is 69.0 Å². The summed E-state index contributed by atoms with van der Waals surface area (Å²) < 4.78 is 8.52. The standard InChI is InChI=1S/C21H23BrN4O2/c1-26-21-16(20(25-26)18(27)12-14-8-10-23-11-9-14)6-7-19(24-21)28-13-15-4-2-3-5-17(15)22/h2-7,14,23H,8-13H2,1H3. The van der Waals surface area contributed by atoms with Gasteiger partial charge in [-0.1, -0.05) is 34.1 Å². The lowest BCUT2D eigenvalue weighted by Gasteiger charge is -2.21. The van der Waals surface area contributed by atoms with Crippen molar-refractivity contribution in [2.75, 3.05) is 13.1 Å². The summed E-state index contributed by atoms with van der Waals surface area (Å²) in [5.41, 5.74) is 2.23. The van der Waals surface area contributed by atoms with E-state index in [-0.39, 0.29) is 5.78 Å². The molecule has 0 atom stereocenters. The Bertz CT molecular complexity index is 995. The number of aromatic nitrogens is 3. The van der Waals surface area contributed by atoms with Crippen LogP contribution in [0.15, 0.2) is 40.9 Å². The highest BCUT2D eigenvalue weighted by molar-refractivity contribution is 9.10. The number of fused-ring (bicyclic) bond motifs is 1. The molecule has 1 aliphatic rings. The van der Waals surface area contributed by atoms with Gasteiger partial charge in [0.15, 0.2) is 11.4 Å². The van der Waals surface area contributed by atoms with Gasteiger partial charge in [0.25, 0.3) is 0 Å². The van der Waals surface area contributed by atoms with Gasteiger partial charge >= 0.3 is 0 Å². The second-order valence-electron chi connectivity index (χ2n) is 7.19. The van der Waals surface area contributed by atoms with Crippen LogP contribution in [-0.2, 0) is 13.7 Å². The molecule has 0 amide bonds. The fourth-order valence-corrected chi connectivity index (χ4v) is 4.01. The SMILES string of the molecule is Cn1nc(C(=O)CC2CCNCC2)c2ccc(OCc3ccccc3Br)nc21. The molecule has 0 saturated carbocycles. The van der Waals surface area contributed by atoms with E-state index in [2.05, 4.69) is 31.3 Å². The highest BCUT2D eigenvalue weighted by atomic mass is 79.9. The molecule has 1 N–H and O–H groups in total. The molecule has 1 aliphatic heterocycles. The van der Waals surface area contributed by atoms with E-state index in [1.807, 2.05) is 43.4 Å². The van der Waals surface area contributed by atoms with Crippen LogP contribution >= 0.6 is 15.9 Å². The summed E-state index contributed by atoms with van der Waals surface area (Å²) in [7, 11) is 1.81. The van der Waals surface area contributed by atoms with Gasteiger partial charge < -0.3 is 10.1 Å². The molecule has 0 radical (unpaired) electrons. The zero-order valence-electron chi connectivity index (χ0n) is 15.8. The molecule has 28 heavy (non-hydrogen) atoms. The monoisotopic (exact) mass is 442 g/mol. The fraction of sp³-hybridized carbons (Fsp3) is 0.381. The molecular weight excluding hydrogens is 420 g/mol. The highest BCUT2D eigenvalue weighted by Crippen LogP contribution is 2.25. The van der Waals surface area contributed by atoms with E-state index in [1.54, 1.807) is 4.68 Å². The first-order valence-corrected chi connectivity index (χ1v) is 10.3. The Morgan fingerprint density at radius 3 is 2.82 bits per heavy atom. The van der Waals surface area contributed by atoms with Crippen molar-refractivity contribution in [3.8, 4) is 5.88 Å². The molecule has 3 aromatic rings. The van der Waals surface area contributed by atoms with Crippen molar-refractivity contribution in [3.05, 3.63) is 52.1 Å². The first kappa shape index (κ1) is 19.1. The van der Waals surface area contributed by atoms with E-state index in [0.717, 1.165) is 41.4 Å². The number of piperidine rings is 1. The van der Waals surface area contributed by atoms with Crippen molar-refractivity contribution in [2.24, 2.45) is 13.0 Å². The summed E-state index contributed by atoms with van der Waals surface area (Å²) in [6.07, 6.45) is 2.64. The Morgan fingerprint density at radius 1 is 1.25 bits per heavy atom. The maximum absolute atomic E-state index is 12.8. The minimum absolute atomic E-state index is 0.0983. The van der Waals surface area contributed by atoms with Crippen LogP contribution in [0.1, 0.15) is 35.3 Å². The number of ketones is 1. The van der Waals surface area contributed by atoms with Crippen molar-refractivity contribution >= 4 is 32.7 Å². The number of halogens is 1. The van der Waals surface area contributed by atoms with Gasteiger partial charge in [-0.15, -0.1) is 0 Å². The number of Topliss-reactive ketones (excluding diaryl/α,β-unsaturated/α-hetero) is 1. The fourth-order valence-electron chi connectivity index (χ4n) is 3.61. The van der Waals surface area contributed by atoms with Gasteiger partial charge in [-0.05, 0) is 44.0 Å². The summed E-state index contributed by atoms with van der Waals surface area (Å²) >= 11 is 3.53. The predicted molar refractivity (Wildman–Crippen MR) is 112 cm³/mol. The average molecular weight is 443 g/mol. The largest absolute Gasteiger partial charge is 0.473 e. The van der Waals surface area contributed by atoms with E-state index >= 15 is 0 Å². The normalized spacial score (nSPS) is 15.1. The quantitative estimate of drug-likeness (QED) is 0.586.